The van der Waals surface area contributed by atoms with Gasteiger partial charge in [0.2, 0.25) is 5.78 Å². The van der Waals surface area contributed by atoms with Crippen molar-refractivity contribution >= 4 is 17.4 Å². The van der Waals surface area contributed by atoms with Crippen molar-refractivity contribution in [1.82, 2.24) is 4.90 Å². The third-order valence-electron chi connectivity index (χ3n) is 4.46. The first-order valence-electron chi connectivity index (χ1n) is 8.51. The first-order valence-corrected chi connectivity index (χ1v) is 8.51. The van der Waals surface area contributed by atoms with E-state index in [1.54, 1.807) is 0 Å². The summed E-state index contributed by atoms with van der Waals surface area (Å²) in [5, 5.41) is 21.3. The number of aliphatic hydroxyl groups is 1. The van der Waals surface area contributed by atoms with Crippen molar-refractivity contribution in [1.29, 1.82) is 0 Å². The average molecular weight is 386 g/mol. The smallest absolute Gasteiger partial charge is 0.290 e. The molecule has 0 spiro atoms. The molecule has 28 heavy (non-hydrogen) atoms. The Balaban J connectivity index is 2.02. The molecule has 1 aromatic heterocycles. The molecule has 1 aliphatic heterocycles. The lowest BCUT2D eigenvalue weighted by Crippen LogP contribution is -2.32. The number of nitrogens with zero attached hydrogens (tertiary/aromatic N) is 2. The molecule has 0 bridgehead atoms. The van der Waals surface area contributed by atoms with E-state index in [1.165, 1.54) is 54.7 Å². The topological polar surface area (TPSA) is 123 Å². The van der Waals surface area contributed by atoms with E-state index in [-0.39, 0.29) is 23.6 Å². The highest BCUT2D eigenvalue weighted by molar-refractivity contribution is 6.15. The maximum absolute atomic E-state index is 12.9. The van der Waals surface area contributed by atoms with E-state index in [9.17, 15) is 24.8 Å². The summed E-state index contributed by atoms with van der Waals surface area (Å²) < 4.78 is 10.1. The van der Waals surface area contributed by atoms with Crippen LogP contribution in [0.5, 0.6) is 0 Å². The highest BCUT2D eigenvalue weighted by Gasteiger charge is 2.44. The lowest BCUT2D eigenvalue weighted by molar-refractivity contribution is -0.384. The lowest BCUT2D eigenvalue weighted by Gasteiger charge is -2.26. The van der Waals surface area contributed by atoms with Gasteiger partial charge in [-0.05, 0) is 36.2 Å². The van der Waals surface area contributed by atoms with E-state index in [0.717, 1.165) is 0 Å². The predicted octanol–water partition coefficient (Wildman–Crippen LogP) is 2.80. The van der Waals surface area contributed by atoms with E-state index < -0.39 is 28.4 Å². The minimum Gasteiger partial charge on any atom is -0.503 e. The zero-order valence-corrected chi connectivity index (χ0v) is 15.0. The second kappa shape index (κ2) is 8.05. The molecule has 3 rings (SSSR count). The molecule has 1 atom stereocenters. The largest absolute Gasteiger partial charge is 0.503 e. The van der Waals surface area contributed by atoms with E-state index in [0.29, 0.717) is 18.6 Å². The molecule has 1 N–H and O–H groups in total. The van der Waals surface area contributed by atoms with Crippen molar-refractivity contribution in [2.24, 2.45) is 0 Å². The molecule has 0 aliphatic carbocycles. The average Bonchev–Trinajstić information content (AvgIpc) is 3.31. The summed E-state index contributed by atoms with van der Waals surface area (Å²) in [7, 11) is 1.53. The van der Waals surface area contributed by atoms with E-state index in [4.69, 9.17) is 9.15 Å². The summed E-state index contributed by atoms with van der Waals surface area (Å²) in [6.07, 6.45) is 1.81. The molecule has 146 valence electrons. The fraction of sp³-hybridized carbons (Fsp3) is 0.263. The van der Waals surface area contributed by atoms with Gasteiger partial charge in [0.15, 0.2) is 11.5 Å². The van der Waals surface area contributed by atoms with Crippen LogP contribution in [0.1, 0.15) is 28.6 Å². The molecule has 1 amide bonds. The van der Waals surface area contributed by atoms with Gasteiger partial charge >= 0.3 is 0 Å². The summed E-state index contributed by atoms with van der Waals surface area (Å²) in [6.45, 7) is 0.617. The Labute approximate surface area is 160 Å². The molecule has 2 aromatic rings. The summed E-state index contributed by atoms with van der Waals surface area (Å²) in [6, 6.07) is 7.59. The summed E-state index contributed by atoms with van der Waals surface area (Å²) in [5.74, 6) is -1.97. The molecular formula is C19H18N2O7. The third kappa shape index (κ3) is 3.52. The Hall–Kier alpha value is -3.46. The van der Waals surface area contributed by atoms with E-state index >= 15 is 0 Å². The van der Waals surface area contributed by atoms with Gasteiger partial charge in [-0.15, -0.1) is 0 Å². The van der Waals surface area contributed by atoms with Gasteiger partial charge in [0.05, 0.1) is 22.8 Å². The number of non-ortho nitro benzene ring substituents is 1. The van der Waals surface area contributed by atoms with Crippen molar-refractivity contribution in [2.75, 3.05) is 20.3 Å². The molecule has 9 heteroatoms. The number of Topliss-reactive ketones (excluding diaryl/α,β-unsaturated/α-hetero) is 1. The van der Waals surface area contributed by atoms with Crippen LogP contribution >= 0.6 is 0 Å². The fourth-order valence-electron chi connectivity index (χ4n) is 3.16. The number of ketones is 1. The Kier molecular flexibility index (Phi) is 5.55. The fourth-order valence-corrected chi connectivity index (χ4v) is 3.16. The number of hydrogen-bond acceptors (Lipinski definition) is 7. The molecule has 1 aromatic carbocycles. The van der Waals surface area contributed by atoms with Crippen molar-refractivity contribution in [2.45, 2.75) is 12.5 Å². The van der Waals surface area contributed by atoms with Gasteiger partial charge in [0.25, 0.3) is 11.6 Å². The summed E-state index contributed by atoms with van der Waals surface area (Å²) in [5.41, 5.74) is 0.229. The van der Waals surface area contributed by atoms with Gasteiger partial charge in [-0.25, -0.2) is 0 Å². The Morgan fingerprint density at radius 1 is 1.32 bits per heavy atom. The van der Waals surface area contributed by atoms with Gasteiger partial charge in [-0.2, -0.15) is 0 Å². The number of amides is 1. The van der Waals surface area contributed by atoms with Gasteiger partial charge in [0, 0.05) is 32.4 Å². The quantitative estimate of drug-likeness (QED) is 0.320. The molecule has 2 heterocycles. The second-order valence-electron chi connectivity index (χ2n) is 6.16. The molecular weight excluding hydrogens is 368 g/mol. The summed E-state index contributed by atoms with van der Waals surface area (Å²) >= 11 is 0. The number of furan rings is 1. The normalized spacial score (nSPS) is 16.7. The number of aliphatic hydroxyl groups excluding tert-OH is 1. The van der Waals surface area contributed by atoms with Crippen molar-refractivity contribution in [3.63, 3.8) is 0 Å². The lowest BCUT2D eigenvalue weighted by atomic mass is 9.95. The highest BCUT2D eigenvalue weighted by atomic mass is 16.6. The van der Waals surface area contributed by atoms with Crippen LogP contribution in [-0.2, 0) is 9.53 Å². The monoisotopic (exact) mass is 386 g/mol. The number of nitro groups is 1. The molecule has 1 aliphatic rings. The number of benzene rings is 1. The summed E-state index contributed by atoms with van der Waals surface area (Å²) in [4.78, 5) is 37.2. The SMILES string of the molecule is COCCCN1C(=O)C(O)=C(C(=O)c2ccco2)[C@H]1c1ccc([N+](=O)[O-])cc1. The molecule has 0 fully saturated rings. The van der Waals surface area contributed by atoms with Crippen molar-refractivity contribution in [3.8, 4) is 0 Å². The van der Waals surface area contributed by atoms with Crippen molar-refractivity contribution in [3.05, 3.63) is 75.4 Å². The van der Waals surface area contributed by atoms with Crippen LogP contribution < -0.4 is 0 Å². The predicted molar refractivity (Wildman–Crippen MR) is 96.7 cm³/mol. The van der Waals surface area contributed by atoms with Gasteiger partial charge in [-0.1, -0.05) is 0 Å². The van der Waals surface area contributed by atoms with E-state index in [2.05, 4.69) is 0 Å². The number of nitro benzene ring substituents is 1. The zero-order chi connectivity index (χ0) is 20.3. The van der Waals surface area contributed by atoms with Gasteiger partial charge < -0.3 is 19.2 Å². The number of carbonyl (C=O) groups is 2. The van der Waals surface area contributed by atoms with Crippen LogP contribution in [0.15, 0.2) is 58.4 Å². The van der Waals surface area contributed by atoms with E-state index in [1.807, 2.05) is 0 Å². The Morgan fingerprint density at radius 2 is 2.04 bits per heavy atom. The zero-order valence-electron chi connectivity index (χ0n) is 15.0. The maximum Gasteiger partial charge on any atom is 0.290 e. The van der Waals surface area contributed by atoms with Gasteiger partial charge in [0.1, 0.15) is 0 Å². The highest BCUT2D eigenvalue weighted by Crippen LogP contribution is 2.39. The molecule has 9 nitrogen and oxygen atoms in total. The molecule has 0 saturated carbocycles. The first-order chi connectivity index (χ1) is 13.5. The van der Waals surface area contributed by atoms with Crippen LogP contribution in [0.2, 0.25) is 0 Å². The molecule has 0 unspecified atom stereocenters. The number of ether oxygens (including phenoxy) is 1. The molecule has 0 radical (unpaired) electrons. The number of carbonyl (C=O) groups excluding carboxylic acids is 2. The Morgan fingerprint density at radius 3 is 2.61 bits per heavy atom. The van der Waals surface area contributed by atoms with Crippen molar-refractivity contribution < 1.29 is 28.8 Å². The van der Waals surface area contributed by atoms with Crippen LogP contribution in [0.4, 0.5) is 5.69 Å². The minimum absolute atomic E-state index is 0.0139. The number of rotatable bonds is 8. The van der Waals surface area contributed by atoms with Gasteiger partial charge in [-0.3, -0.25) is 19.7 Å². The van der Waals surface area contributed by atoms with Crippen LogP contribution in [0.25, 0.3) is 0 Å². The van der Waals surface area contributed by atoms with Crippen LogP contribution in [-0.4, -0.2) is 46.9 Å². The Bertz CT molecular complexity index is 916. The maximum atomic E-state index is 12.9. The first kappa shape index (κ1) is 19.3. The second-order valence-corrected chi connectivity index (χ2v) is 6.16. The molecule has 0 saturated heterocycles. The van der Waals surface area contributed by atoms with Crippen LogP contribution in [0.3, 0.4) is 0 Å². The standard InChI is InChI=1S/C19H18N2O7/c1-27-10-3-9-20-16(12-5-7-13(8-6-12)21(25)26)15(18(23)19(20)24)17(22)14-4-2-11-28-14/h2,4-8,11,16,23H,3,9-10H2,1H3/t16-/m1/s1. The third-order valence-corrected chi connectivity index (χ3v) is 4.46. The number of hydrogen-bond donors (Lipinski definition) is 1. The number of methoxy groups -OCH3 is 1. The van der Waals surface area contributed by atoms with Crippen LogP contribution in [0, 0.1) is 10.1 Å². The minimum atomic E-state index is -0.886.